The Hall–Kier alpha value is -1.97. The van der Waals surface area contributed by atoms with E-state index in [1.54, 1.807) is 0 Å². The molecule has 0 saturated heterocycles. The van der Waals surface area contributed by atoms with E-state index in [1.165, 1.54) is 31.0 Å². The van der Waals surface area contributed by atoms with Crippen LogP contribution >= 0.6 is 0 Å². The zero-order valence-electron chi connectivity index (χ0n) is 11.6. The van der Waals surface area contributed by atoms with E-state index in [2.05, 4.69) is 27.4 Å². The van der Waals surface area contributed by atoms with E-state index in [-0.39, 0.29) is 5.82 Å². The number of benzene rings is 1. The van der Waals surface area contributed by atoms with Crippen LogP contribution in [0.1, 0.15) is 37.7 Å². The molecule has 1 aromatic heterocycles. The summed E-state index contributed by atoms with van der Waals surface area (Å²) in [6.45, 7) is 2.68. The van der Waals surface area contributed by atoms with Gasteiger partial charge in [0.15, 0.2) is 5.82 Å². The van der Waals surface area contributed by atoms with Crippen LogP contribution in [0.3, 0.4) is 0 Å². The summed E-state index contributed by atoms with van der Waals surface area (Å²) >= 11 is 0. The second kappa shape index (κ2) is 5.57. The summed E-state index contributed by atoms with van der Waals surface area (Å²) in [7, 11) is 0. The van der Waals surface area contributed by atoms with Crippen LogP contribution in [0.2, 0.25) is 0 Å². The number of hydrogen-bond acceptors (Lipinski definition) is 3. The third kappa shape index (κ3) is 2.50. The average Bonchev–Trinajstić information content (AvgIpc) is 2.40. The molecule has 0 unspecified atom stereocenters. The number of nitrogens with one attached hydrogen (secondary N) is 1. The molecule has 4 heteroatoms. The van der Waals surface area contributed by atoms with E-state index in [0.29, 0.717) is 24.1 Å². The largest absolute Gasteiger partial charge is 0.354 e. The molecule has 0 bridgehead atoms. The Bertz CT molecular complexity index is 608. The van der Waals surface area contributed by atoms with Gasteiger partial charge in [-0.3, -0.25) is 0 Å². The van der Waals surface area contributed by atoms with Crippen LogP contribution in [0, 0.1) is 5.82 Å². The SMILES string of the molecule is CCNc1ncc(F)c(-c2cccc(C3CCC3)c2)n1. The third-order valence-electron chi connectivity index (χ3n) is 3.82. The number of aromatic nitrogens is 2. The number of anilines is 1. The van der Waals surface area contributed by atoms with Gasteiger partial charge in [0.25, 0.3) is 0 Å². The summed E-state index contributed by atoms with van der Waals surface area (Å²) in [6.07, 6.45) is 4.99. The second-order valence-electron chi connectivity index (χ2n) is 5.17. The molecule has 0 amide bonds. The first-order chi connectivity index (χ1) is 9.78. The molecule has 1 heterocycles. The quantitative estimate of drug-likeness (QED) is 0.914. The Labute approximate surface area is 118 Å². The molecule has 20 heavy (non-hydrogen) atoms. The highest BCUT2D eigenvalue weighted by molar-refractivity contribution is 5.62. The molecule has 3 nitrogen and oxygen atoms in total. The lowest BCUT2D eigenvalue weighted by molar-refractivity contribution is 0.420. The van der Waals surface area contributed by atoms with Gasteiger partial charge < -0.3 is 5.32 Å². The molecular weight excluding hydrogens is 253 g/mol. The van der Waals surface area contributed by atoms with Gasteiger partial charge in [0.2, 0.25) is 5.95 Å². The summed E-state index contributed by atoms with van der Waals surface area (Å²) in [5, 5.41) is 3.02. The van der Waals surface area contributed by atoms with Crippen molar-refractivity contribution in [1.82, 2.24) is 9.97 Å². The molecule has 1 aromatic carbocycles. The maximum atomic E-state index is 14.0. The zero-order valence-corrected chi connectivity index (χ0v) is 11.6. The standard InChI is InChI=1S/C16H18FN3/c1-2-18-16-19-10-14(17)15(20-16)13-8-4-7-12(9-13)11-5-3-6-11/h4,7-11H,2-3,5-6H2,1H3,(H,18,19,20). The van der Waals surface area contributed by atoms with Crippen molar-refractivity contribution in [1.29, 1.82) is 0 Å². The molecule has 1 saturated carbocycles. The topological polar surface area (TPSA) is 37.8 Å². The highest BCUT2D eigenvalue weighted by Crippen LogP contribution is 2.37. The van der Waals surface area contributed by atoms with Gasteiger partial charge in [-0.25, -0.2) is 14.4 Å². The van der Waals surface area contributed by atoms with E-state index in [1.807, 2.05) is 19.1 Å². The molecule has 2 aromatic rings. The van der Waals surface area contributed by atoms with Crippen LogP contribution in [0.5, 0.6) is 0 Å². The van der Waals surface area contributed by atoms with Crippen LogP contribution in [-0.2, 0) is 0 Å². The average molecular weight is 271 g/mol. The van der Waals surface area contributed by atoms with Crippen molar-refractivity contribution in [3.8, 4) is 11.3 Å². The first-order valence-electron chi connectivity index (χ1n) is 7.14. The van der Waals surface area contributed by atoms with Crippen molar-refractivity contribution < 1.29 is 4.39 Å². The van der Waals surface area contributed by atoms with Crippen LogP contribution in [0.15, 0.2) is 30.5 Å². The lowest BCUT2D eigenvalue weighted by atomic mass is 9.79. The summed E-state index contributed by atoms with van der Waals surface area (Å²) in [4.78, 5) is 8.22. The Morgan fingerprint density at radius 1 is 1.35 bits per heavy atom. The molecule has 0 spiro atoms. The van der Waals surface area contributed by atoms with Crippen molar-refractivity contribution in [2.24, 2.45) is 0 Å². The Morgan fingerprint density at radius 3 is 2.90 bits per heavy atom. The Balaban J connectivity index is 1.96. The smallest absolute Gasteiger partial charge is 0.223 e. The summed E-state index contributed by atoms with van der Waals surface area (Å²) < 4.78 is 14.0. The van der Waals surface area contributed by atoms with E-state index >= 15 is 0 Å². The predicted molar refractivity (Wildman–Crippen MR) is 78.2 cm³/mol. The molecule has 0 aliphatic heterocycles. The fraction of sp³-hybridized carbons (Fsp3) is 0.375. The van der Waals surface area contributed by atoms with Gasteiger partial charge in [-0.2, -0.15) is 0 Å². The van der Waals surface area contributed by atoms with Crippen LogP contribution in [0.25, 0.3) is 11.3 Å². The monoisotopic (exact) mass is 271 g/mol. The number of hydrogen-bond donors (Lipinski definition) is 1. The maximum Gasteiger partial charge on any atom is 0.223 e. The molecule has 0 radical (unpaired) electrons. The van der Waals surface area contributed by atoms with Crippen molar-refractivity contribution in [2.45, 2.75) is 32.1 Å². The minimum absolute atomic E-state index is 0.372. The molecule has 0 atom stereocenters. The van der Waals surface area contributed by atoms with E-state index in [0.717, 1.165) is 5.56 Å². The fourth-order valence-electron chi connectivity index (χ4n) is 2.49. The Morgan fingerprint density at radius 2 is 2.20 bits per heavy atom. The van der Waals surface area contributed by atoms with Gasteiger partial charge in [-0.05, 0) is 37.3 Å². The third-order valence-corrected chi connectivity index (χ3v) is 3.82. The Kier molecular flexibility index (Phi) is 3.63. The van der Waals surface area contributed by atoms with Crippen molar-refractivity contribution in [3.63, 3.8) is 0 Å². The van der Waals surface area contributed by atoms with Gasteiger partial charge in [0, 0.05) is 12.1 Å². The number of nitrogens with zero attached hydrogens (tertiary/aromatic N) is 2. The van der Waals surface area contributed by atoms with Gasteiger partial charge in [0.05, 0.1) is 6.20 Å². The minimum Gasteiger partial charge on any atom is -0.354 e. The van der Waals surface area contributed by atoms with Crippen molar-refractivity contribution in [3.05, 3.63) is 41.8 Å². The fourth-order valence-corrected chi connectivity index (χ4v) is 2.49. The molecule has 1 fully saturated rings. The molecular formula is C16H18FN3. The highest BCUT2D eigenvalue weighted by Gasteiger charge is 2.20. The molecule has 3 rings (SSSR count). The van der Waals surface area contributed by atoms with E-state index < -0.39 is 0 Å². The molecule has 1 N–H and O–H groups in total. The van der Waals surface area contributed by atoms with Gasteiger partial charge >= 0.3 is 0 Å². The van der Waals surface area contributed by atoms with Gasteiger partial charge in [-0.15, -0.1) is 0 Å². The van der Waals surface area contributed by atoms with Crippen molar-refractivity contribution in [2.75, 3.05) is 11.9 Å². The van der Waals surface area contributed by atoms with Crippen LogP contribution in [0.4, 0.5) is 10.3 Å². The van der Waals surface area contributed by atoms with Gasteiger partial charge in [-0.1, -0.05) is 24.6 Å². The number of rotatable bonds is 4. The summed E-state index contributed by atoms with van der Waals surface area (Å²) in [5.41, 5.74) is 2.49. The predicted octanol–water partition coefficient (Wildman–Crippen LogP) is 3.98. The summed E-state index contributed by atoms with van der Waals surface area (Å²) in [6, 6.07) is 8.07. The van der Waals surface area contributed by atoms with E-state index in [4.69, 9.17) is 0 Å². The van der Waals surface area contributed by atoms with E-state index in [9.17, 15) is 4.39 Å². The van der Waals surface area contributed by atoms with Crippen molar-refractivity contribution >= 4 is 5.95 Å². The lowest BCUT2D eigenvalue weighted by Crippen LogP contribution is -2.09. The molecule has 1 aliphatic carbocycles. The molecule has 104 valence electrons. The normalized spacial score (nSPS) is 14.9. The molecule has 1 aliphatic rings. The zero-order chi connectivity index (χ0) is 13.9. The highest BCUT2D eigenvalue weighted by atomic mass is 19.1. The number of halogens is 1. The van der Waals surface area contributed by atoms with Crippen LogP contribution in [-0.4, -0.2) is 16.5 Å². The van der Waals surface area contributed by atoms with Gasteiger partial charge in [0.1, 0.15) is 5.69 Å². The summed E-state index contributed by atoms with van der Waals surface area (Å²) in [5.74, 6) is 0.725. The maximum absolute atomic E-state index is 14.0. The first-order valence-corrected chi connectivity index (χ1v) is 7.14. The second-order valence-corrected chi connectivity index (χ2v) is 5.17. The first kappa shape index (κ1) is 13.0. The lowest BCUT2D eigenvalue weighted by Gasteiger charge is -2.26. The van der Waals surface area contributed by atoms with Crippen LogP contribution < -0.4 is 5.32 Å². The minimum atomic E-state index is -0.377.